The lowest BCUT2D eigenvalue weighted by atomic mass is 9.82. The smallest absolute Gasteiger partial charge is 0.311 e. The third-order valence-corrected chi connectivity index (χ3v) is 3.10. The SMILES string of the molecule is CCC(CC)(CNC(=O)CNC(C)C)C(=O)O. The fourth-order valence-corrected chi connectivity index (χ4v) is 1.51. The van der Waals surface area contributed by atoms with Gasteiger partial charge in [0.2, 0.25) is 5.91 Å². The van der Waals surface area contributed by atoms with Gasteiger partial charge in [-0.3, -0.25) is 9.59 Å². The van der Waals surface area contributed by atoms with E-state index in [2.05, 4.69) is 10.6 Å². The number of carbonyl (C=O) groups excluding carboxylic acids is 1. The van der Waals surface area contributed by atoms with E-state index in [9.17, 15) is 14.7 Å². The fraction of sp³-hybridized carbons (Fsp3) is 0.833. The van der Waals surface area contributed by atoms with Crippen LogP contribution in [0.2, 0.25) is 0 Å². The Morgan fingerprint density at radius 2 is 1.76 bits per heavy atom. The summed E-state index contributed by atoms with van der Waals surface area (Å²) in [5.41, 5.74) is -0.840. The third kappa shape index (κ3) is 5.17. The van der Waals surface area contributed by atoms with Gasteiger partial charge in [-0.05, 0) is 12.8 Å². The molecule has 3 N–H and O–H groups in total. The van der Waals surface area contributed by atoms with Gasteiger partial charge < -0.3 is 15.7 Å². The van der Waals surface area contributed by atoms with Crippen molar-refractivity contribution in [3.05, 3.63) is 0 Å². The van der Waals surface area contributed by atoms with Crippen LogP contribution in [0.1, 0.15) is 40.5 Å². The molecule has 0 saturated carbocycles. The molecule has 0 rings (SSSR count). The summed E-state index contributed by atoms with van der Waals surface area (Å²) >= 11 is 0. The van der Waals surface area contributed by atoms with Gasteiger partial charge in [0.25, 0.3) is 0 Å². The molecule has 0 radical (unpaired) electrons. The normalized spacial score (nSPS) is 11.6. The van der Waals surface area contributed by atoms with Crippen LogP contribution < -0.4 is 10.6 Å². The lowest BCUT2D eigenvalue weighted by molar-refractivity contribution is -0.149. The summed E-state index contributed by atoms with van der Waals surface area (Å²) in [6.07, 6.45) is 1.02. The molecule has 0 unspecified atom stereocenters. The fourth-order valence-electron chi connectivity index (χ4n) is 1.51. The average molecular weight is 244 g/mol. The van der Waals surface area contributed by atoms with Gasteiger partial charge in [-0.25, -0.2) is 0 Å². The second-order valence-corrected chi connectivity index (χ2v) is 4.60. The van der Waals surface area contributed by atoms with Gasteiger partial charge in [0.1, 0.15) is 0 Å². The molecule has 5 heteroatoms. The number of hydrogen-bond acceptors (Lipinski definition) is 3. The Balaban J connectivity index is 4.22. The zero-order valence-electron chi connectivity index (χ0n) is 11.2. The third-order valence-electron chi connectivity index (χ3n) is 3.10. The molecular weight excluding hydrogens is 220 g/mol. The lowest BCUT2D eigenvalue weighted by Crippen LogP contribution is -2.45. The Kier molecular flexibility index (Phi) is 6.80. The van der Waals surface area contributed by atoms with Crippen LogP contribution in [-0.2, 0) is 9.59 Å². The van der Waals surface area contributed by atoms with E-state index in [4.69, 9.17) is 0 Å². The molecule has 0 aliphatic rings. The molecule has 0 atom stereocenters. The van der Waals surface area contributed by atoms with Crippen molar-refractivity contribution in [2.24, 2.45) is 5.41 Å². The number of carbonyl (C=O) groups is 2. The molecule has 5 nitrogen and oxygen atoms in total. The van der Waals surface area contributed by atoms with Gasteiger partial charge in [0.15, 0.2) is 0 Å². The Bertz CT molecular complexity index is 260. The molecular formula is C12H24N2O3. The Morgan fingerprint density at radius 1 is 1.24 bits per heavy atom. The molecule has 100 valence electrons. The first kappa shape index (κ1) is 15.9. The van der Waals surface area contributed by atoms with E-state index in [1.165, 1.54) is 0 Å². The van der Waals surface area contributed by atoms with E-state index in [-0.39, 0.29) is 25.0 Å². The van der Waals surface area contributed by atoms with Crippen LogP contribution in [0, 0.1) is 5.41 Å². The van der Waals surface area contributed by atoms with Crippen molar-refractivity contribution in [1.82, 2.24) is 10.6 Å². The molecule has 0 aliphatic carbocycles. The molecule has 0 aliphatic heterocycles. The number of carboxylic acid groups (broad SMARTS) is 1. The van der Waals surface area contributed by atoms with Crippen molar-refractivity contribution >= 4 is 11.9 Å². The lowest BCUT2D eigenvalue weighted by Gasteiger charge is -2.26. The zero-order valence-corrected chi connectivity index (χ0v) is 11.2. The molecule has 0 saturated heterocycles. The van der Waals surface area contributed by atoms with Gasteiger partial charge in [-0.1, -0.05) is 27.7 Å². The predicted molar refractivity (Wildman–Crippen MR) is 66.8 cm³/mol. The number of rotatable bonds is 8. The molecule has 1 amide bonds. The van der Waals surface area contributed by atoms with E-state index >= 15 is 0 Å². The van der Waals surface area contributed by atoms with Gasteiger partial charge in [0, 0.05) is 12.6 Å². The second-order valence-electron chi connectivity index (χ2n) is 4.60. The highest BCUT2D eigenvalue weighted by Crippen LogP contribution is 2.25. The van der Waals surface area contributed by atoms with Gasteiger partial charge in [-0.2, -0.15) is 0 Å². The Morgan fingerprint density at radius 3 is 2.12 bits per heavy atom. The van der Waals surface area contributed by atoms with Crippen molar-refractivity contribution in [2.75, 3.05) is 13.1 Å². The maximum atomic E-state index is 11.5. The maximum Gasteiger partial charge on any atom is 0.311 e. The van der Waals surface area contributed by atoms with Crippen molar-refractivity contribution in [3.63, 3.8) is 0 Å². The van der Waals surface area contributed by atoms with Crippen LogP contribution in [0.5, 0.6) is 0 Å². The van der Waals surface area contributed by atoms with Gasteiger partial charge >= 0.3 is 5.97 Å². The number of carboxylic acids is 1. The molecule has 0 aromatic heterocycles. The van der Waals surface area contributed by atoms with Crippen molar-refractivity contribution in [3.8, 4) is 0 Å². The highest BCUT2D eigenvalue weighted by Gasteiger charge is 2.34. The summed E-state index contributed by atoms with van der Waals surface area (Å²) in [5, 5.41) is 14.9. The Labute approximate surface area is 103 Å². The van der Waals surface area contributed by atoms with Crippen molar-refractivity contribution < 1.29 is 14.7 Å². The van der Waals surface area contributed by atoms with Crippen LogP contribution >= 0.6 is 0 Å². The largest absolute Gasteiger partial charge is 0.481 e. The van der Waals surface area contributed by atoms with Crippen LogP contribution in [0.3, 0.4) is 0 Å². The highest BCUT2D eigenvalue weighted by atomic mass is 16.4. The summed E-state index contributed by atoms with van der Waals surface area (Å²) in [7, 11) is 0. The number of aliphatic carboxylic acids is 1. The van der Waals surface area contributed by atoms with Gasteiger partial charge in [-0.15, -0.1) is 0 Å². The highest BCUT2D eigenvalue weighted by molar-refractivity contribution is 5.80. The maximum absolute atomic E-state index is 11.5. The van der Waals surface area contributed by atoms with Crippen LogP contribution in [0.25, 0.3) is 0 Å². The minimum atomic E-state index is -0.848. The monoisotopic (exact) mass is 244 g/mol. The standard InChI is InChI=1S/C12H24N2O3/c1-5-12(6-2,11(16)17)8-14-10(15)7-13-9(3)4/h9,13H,5-8H2,1-4H3,(H,14,15)(H,16,17). The van der Waals surface area contributed by atoms with E-state index in [0.717, 1.165) is 0 Å². The van der Waals surface area contributed by atoms with Crippen LogP contribution in [-0.4, -0.2) is 36.1 Å². The molecule has 0 aromatic rings. The summed E-state index contributed by atoms with van der Waals surface area (Å²) in [6.45, 7) is 7.97. The average Bonchev–Trinajstić information content (AvgIpc) is 2.28. The van der Waals surface area contributed by atoms with E-state index < -0.39 is 11.4 Å². The molecule has 0 aromatic carbocycles. The van der Waals surface area contributed by atoms with Crippen LogP contribution in [0.4, 0.5) is 0 Å². The van der Waals surface area contributed by atoms with Crippen LogP contribution in [0.15, 0.2) is 0 Å². The van der Waals surface area contributed by atoms with Crippen molar-refractivity contribution in [2.45, 2.75) is 46.6 Å². The van der Waals surface area contributed by atoms with E-state index in [0.29, 0.717) is 12.8 Å². The summed E-state index contributed by atoms with van der Waals surface area (Å²) in [5.74, 6) is -1.01. The molecule has 0 spiro atoms. The summed E-state index contributed by atoms with van der Waals surface area (Å²) in [4.78, 5) is 22.7. The number of hydrogen-bond donors (Lipinski definition) is 3. The first-order valence-corrected chi connectivity index (χ1v) is 6.11. The number of amides is 1. The van der Waals surface area contributed by atoms with Gasteiger partial charge in [0.05, 0.1) is 12.0 Å². The van der Waals surface area contributed by atoms with Crippen molar-refractivity contribution in [1.29, 1.82) is 0 Å². The predicted octanol–water partition coefficient (Wildman–Crippen LogP) is 0.992. The second kappa shape index (κ2) is 7.27. The van der Waals surface area contributed by atoms with E-state index in [1.54, 1.807) is 0 Å². The quantitative estimate of drug-likeness (QED) is 0.595. The molecule has 0 heterocycles. The zero-order chi connectivity index (χ0) is 13.5. The topological polar surface area (TPSA) is 78.4 Å². The molecule has 17 heavy (non-hydrogen) atoms. The molecule has 0 bridgehead atoms. The van der Waals surface area contributed by atoms with E-state index in [1.807, 2.05) is 27.7 Å². The minimum absolute atomic E-state index is 0.161. The first-order chi connectivity index (χ1) is 7.88. The minimum Gasteiger partial charge on any atom is -0.481 e. The molecule has 0 fully saturated rings. The number of nitrogens with one attached hydrogen (secondary N) is 2. The first-order valence-electron chi connectivity index (χ1n) is 6.11. The summed E-state index contributed by atoms with van der Waals surface area (Å²) in [6, 6.07) is 0.238. The Hall–Kier alpha value is -1.10. The summed E-state index contributed by atoms with van der Waals surface area (Å²) < 4.78 is 0.